The second kappa shape index (κ2) is 7.66. The fraction of sp³-hybridized carbons (Fsp3) is 0.647. The van der Waals surface area contributed by atoms with Crippen molar-refractivity contribution < 1.29 is 0 Å². The molecule has 1 aliphatic heterocycles. The first kappa shape index (κ1) is 14.5. The molecule has 0 saturated carbocycles. The molecule has 1 aliphatic rings. The molecule has 1 N–H and O–H groups in total. The number of hydrogen-bond acceptors (Lipinski definition) is 2. The predicted molar refractivity (Wildman–Crippen MR) is 82.3 cm³/mol. The summed E-state index contributed by atoms with van der Waals surface area (Å²) in [6.07, 6.45) is 3.82. The van der Waals surface area contributed by atoms with Gasteiger partial charge in [-0.1, -0.05) is 50.6 Å². The normalized spacial score (nSPS) is 21.7. The molecule has 19 heavy (non-hydrogen) atoms. The lowest BCUT2D eigenvalue weighted by molar-refractivity contribution is 0.333. The second-order valence-electron chi connectivity index (χ2n) is 5.71. The summed E-state index contributed by atoms with van der Waals surface area (Å²) in [6.45, 7) is 9.46. The number of rotatable bonds is 7. The van der Waals surface area contributed by atoms with E-state index in [4.69, 9.17) is 0 Å². The average molecular weight is 260 g/mol. The van der Waals surface area contributed by atoms with Crippen LogP contribution in [0.3, 0.4) is 0 Å². The van der Waals surface area contributed by atoms with E-state index in [1.54, 1.807) is 0 Å². The molecule has 2 nitrogen and oxygen atoms in total. The Bertz CT molecular complexity index is 350. The zero-order valence-corrected chi connectivity index (χ0v) is 12.4. The molecule has 2 rings (SSSR count). The highest BCUT2D eigenvalue weighted by Crippen LogP contribution is 2.20. The maximum atomic E-state index is 3.80. The van der Waals surface area contributed by atoms with Gasteiger partial charge in [-0.15, -0.1) is 0 Å². The van der Waals surface area contributed by atoms with Gasteiger partial charge in [0.25, 0.3) is 0 Å². The first-order valence-corrected chi connectivity index (χ1v) is 7.84. The van der Waals surface area contributed by atoms with Crippen LogP contribution in [0.2, 0.25) is 0 Å². The van der Waals surface area contributed by atoms with E-state index in [1.807, 2.05) is 0 Å². The summed E-state index contributed by atoms with van der Waals surface area (Å²) in [4.78, 5) is 2.56. The third-order valence-electron chi connectivity index (χ3n) is 4.25. The van der Waals surface area contributed by atoms with Crippen LogP contribution in [-0.2, 0) is 0 Å². The van der Waals surface area contributed by atoms with E-state index in [-0.39, 0.29) is 0 Å². The van der Waals surface area contributed by atoms with Crippen molar-refractivity contribution in [2.75, 3.05) is 26.2 Å². The van der Waals surface area contributed by atoms with Gasteiger partial charge in [0.15, 0.2) is 0 Å². The second-order valence-corrected chi connectivity index (χ2v) is 5.71. The van der Waals surface area contributed by atoms with Crippen LogP contribution in [0.1, 0.15) is 44.7 Å². The van der Waals surface area contributed by atoms with Crippen LogP contribution >= 0.6 is 0 Å². The fourth-order valence-corrected chi connectivity index (χ4v) is 3.04. The molecule has 0 amide bonds. The van der Waals surface area contributed by atoms with Crippen LogP contribution in [0.25, 0.3) is 0 Å². The van der Waals surface area contributed by atoms with Crippen molar-refractivity contribution in [3.8, 4) is 0 Å². The molecular weight excluding hydrogens is 232 g/mol. The van der Waals surface area contributed by atoms with Gasteiger partial charge >= 0.3 is 0 Å². The molecule has 2 unspecified atom stereocenters. The van der Waals surface area contributed by atoms with Crippen molar-refractivity contribution in [2.45, 2.75) is 39.2 Å². The summed E-state index contributed by atoms with van der Waals surface area (Å²) in [5.74, 6) is 0.836. The molecule has 0 bridgehead atoms. The van der Waals surface area contributed by atoms with Gasteiger partial charge in [-0.3, -0.25) is 0 Å². The topological polar surface area (TPSA) is 15.3 Å². The minimum atomic E-state index is 0.530. The van der Waals surface area contributed by atoms with E-state index < -0.39 is 0 Å². The Labute approximate surface area is 118 Å². The Morgan fingerprint density at radius 1 is 1.26 bits per heavy atom. The van der Waals surface area contributed by atoms with Crippen LogP contribution in [0.15, 0.2) is 30.3 Å². The first-order valence-electron chi connectivity index (χ1n) is 7.84. The molecule has 2 heteroatoms. The Morgan fingerprint density at radius 3 is 2.68 bits per heavy atom. The molecule has 0 aromatic heterocycles. The zero-order chi connectivity index (χ0) is 13.5. The van der Waals surface area contributed by atoms with E-state index in [1.165, 1.54) is 44.5 Å². The lowest BCUT2D eigenvalue weighted by Gasteiger charge is -2.21. The van der Waals surface area contributed by atoms with Crippen molar-refractivity contribution in [1.29, 1.82) is 0 Å². The summed E-state index contributed by atoms with van der Waals surface area (Å²) < 4.78 is 0. The van der Waals surface area contributed by atoms with Crippen LogP contribution in [-0.4, -0.2) is 31.1 Å². The Morgan fingerprint density at radius 2 is 2.05 bits per heavy atom. The van der Waals surface area contributed by atoms with E-state index in [0.29, 0.717) is 6.04 Å². The molecule has 106 valence electrons. The van der Waals surface area contributed by atoms with Crippen molar-refractivity contribution in [1.82, 2.24) is 10.2 Å². The number of nitrogens with one attached hydrogen (secondary N) is 1. The van der Waals surface area contributed by atoms with Crippen molar-refractivity contribution in [3.05, 3.63) is 35.9 Å². The largest absolute Gasteiger partial charge is 0.310 e. The molecule has 1 aromatic carbocycles. The lowest BCUT2D eigenvalue weighted by Crippen LogP contribution is -2.29. The highest BCUT2D eigenvalue weighted by atomic mass is 15.1. The Kier molecular flexibility index (Phi) is 5.87. The average Bonchev–Trinajstić information content (AvgIpc) is 2.92. The minimum Gasteiger partial charge on any atom is -0.310 e. The van der Waals surface area contributed by atoms with Gasteiger partial charge in [-0.05, 0) is 44.0 Å². The summed E-state index contributed by atoms with van der Waals surface area (Å²) in [7, 11) is 0. The maximum absolute atomic E-state index is 3.80. The molecule has 1 heterocycles. The molecule has 0 radical (unpaired) electrons. The monoisotopic (exact) mass is 260 g/mol. The van der Waals surface area contributed by atoms with Crippen molar-refractivity contribution >= 4 is 0 Å². The molecular formula is C17H28N2. The zero-order valence-electron chi connectivity index (χ0n) is 12.4. The van der Waals surface area contributed by atoms with Gasteiger partial charge < -0.3 is 10.2 Å². The molecule has 2 atom stereocenters. The third kappa shape index (κ3) is 4.32. The van der Waals surface area contributed by atoms with Crippen LogP contribution in [0.5, 0.6) is 0 Å². The molecule has 0 aliphatic carbocycles. The van der Waals surface area contributed by atoms with Gasteiger partial charge in [0.05, 0.1) is 0 Å². The summed E-state index contributed by atoms with van der Waals surface area (Å²) in [6, 6.07) is 11.4. The van der Waals surface area contributed by atoms with Gasteiger partial charge in [0.2, 0.25) is 0 Å². The summed E-state index contributed by atoms with van der Waals surface area (Å²) in [5, 5.41) is 3.80. The molecule has 0 spiro atoms. The van der Waals surface area contributed by atoms with Gasteiger partial charge in [0, 0.05) is 12.6 Å². The highest BCUT2D eigenvalue weighted by molar-refractivity contribution is 5.18. The number of likely N-dealkylation sites (tertiary alicyclic amines) is 1. The summed E-state index contributed by atoms with van der Waals surface area (Å²) >= 11 is 0. The third-order valence-corrected chi connectivity index (χ3v) is 4.25. The smallest absolute Gasteiger partial charge is 0.0320 e. The maximum Gasteiger partial charge on any atom is 0.0320 e. The predicted octanol–water partition coefficient (Wildman–Crippen LogP) is 3.46. The van der Waals surface area contributed by atoms with E-state index in [0.717, 1.165) is 12.5 Å². The van der Waals surface area contributed by atoms with E-state index in [9.17, 15) is 0 Å². The number of nitrogens with zero attached hydrogens (tertiary/aromatic N) is 1. The lowest BCUT2D eigenvalue weighted by atomic mass is 10.0. The molecule has 1 fully saturated rings. The first-order chi connectivity index (χ1) is 9.33. The molecule has 1 saturated heterocycles. The van der Waals surface area contributed by atoms with Crippen LogP contribution < -0.4 is 5.32 Å². The fourth-order valence-electron chi connectivity index (χ4n) is 3.04. The minimum absolute atomic E-state index is 0.530. The van der Waals surface area contributed by atoms with Crippen molar-refractivity contribution in [3.63, 3.8) is 0 Å². The number of hydrogen-bond donors (Lipinski definition) is 1. The number of benzene rings is 1. The van der Waals surface area contributed by atoms with E-state index >= 15 is 0 Å². The Hall–Kier alpha value is -0.860. The van der Waals surface area contributed by atoms with Crippen molar-refractivity contribution in [2.24, 2.45) is 5.92 Å². The SMILES string of the molecule is CCCC(NCC1CCN(CC)C1)c1ccccc1. The van der Waals surface area contributed by atoms with Gasteiger partial charge in [0.1, 0.15) is 0 Å². The highest BCUT2D eigenvalue weighted by Gasteiger charge is 2.21. The molecule has 1 aromatic rings. The Balaban J connectivity index is 1.84. The summed E-state index contributed by atoms with van der Waals surface area (Å²) in [5.41, 5.74) is 1.44. The quantitative estimate of drug-likeness (QED) is 0.807. The van der Waals surface area contributed by atoms with Gasteiger partial charge in [-0.25, -0.2) is 0 Å². The van der Waals surface area contributed by atoms with Crippen LogP contribution in [0, 0.1) is 5.92 Å². The van der Waals surface area contributed by atoms with Crippen LogP contribution in [0.4, 0.5) is 0 Å². The van der Waals surface area contributed by atoms with E-state index in [2.05, 4.69) is 54.4 Å². The standard InChI is InChI=1S/C17H28N2/c1-3-8-17(16-9-6-5-7-10-16)18-13-15-11-12-19(4-2)14-15/h5-7,9-10,15,17-18H,3-4,8,11-14H2,1-2H3. The van der Waals surface area contributed by atoms with Gasteiger partial charge in [-0.2, -0.15) is 0 Å².